The summed E-state index contributed by atoms with van der Waals surface area (Å²) in [5, 5.41) is 11.6. The Hall–Kier alpha value is -3.64. The van der Waals surface area contributed by atoms with Crippen molar-refractivity contribution in [3.63, 3.8) is 0 Å². The summed E-state index contributed by atoms with van der Waals surface area (Å²) in [6.07, 6.45) is -0.324. The van der Waals surface area contributed by atoms with Crippen LogP contribution in [0.4, 0.5) is 5.69 Å². The van der Waals surface area contributed by atoms with Gasteiger partial charge in [0.25, 0.3) is 5.91 Å². The number of methoxy groups -OCH3 is 2. The van der Waals surface area contributed by atoms with Crippen LogP contribution in [0.5, 0.6) is 11.5 Å². The molecule has 1 amide bonds. The molecular weight excluding hydrogens is 418 g/mol. The molecule has 0 bridgehead atoms. The van der Waals surface area contributed by atoms with Crippen molar-refractivity contribution < 1.29 is 24.2 Å². The first-order valence-corrected chi connectivity index (χ1v) is 10.7. The molecule has 0 radical (unpaired) electrons. The van der Waals surface area contributed by atoms with Gasteiger partial charge in [0.15, 0.2) is 22.9 Å². The highest BCUT2D eigenvalue weighted by atomic mass is 16.5. The van der Waals surface area contributed by atoms with Gasteiger partial charge in [0, 0.05) is 11.1 Å². The second-order valence-corrected chi connectivity index (χ2v) is 8.38. The van der Waals surface area contributed by atoms with Crippen LogP contribution >= 0.6 is 0 Å². The Balaban J connectivity index is 1.68. The lowest BCUT2D eigenvalue weighted by atomic mass is 9.87. The van der Waals surface area contributed by atoms with Crippen LogP contribution < -0.4 is 14.4 Å². The van der Waals surface area contributed by atoms with E-state index in [4.69, 9.17) is 9.47 Å². The summed E-state index contributed by atoms with van der Waals surface area (Å²) in [4.78, 5) is 28.3. The number of aliphatic hydroxyl groups is 1. The van der Waals surface area contributed by atoms with Gasteiger partial charge < -0.3 is 19.5 Å². The van der Waals surface area contributed by atoms with Gasteiger partial charge in [-0.2, -0.15) is 0 Å². The van der Waals surface area contributed by atoms with E-state index in [9.17, 15) is 14.7 Å². The normalized spacial score (nSPS) is 17.1. The van der Waals surface area contributed by atoms with Gasteiger partial charge in [0.2, 0.25) is 0 Å². The molecular formula is C27H27NO5. The number of carbonyl (C=O) groups is 2. The van der Waals surface area contributed by atoms with Crippen molar-refractivity contribution in [2.24, 2.45) is 0 Å². The van der Waals surface area contributed by atoms with Crippen LogP contribution in [0.15, 0.2) is 60.7 Å². The Bertz CT molecular complexity index is 1230. The average molecular weight is 446 g/mol. The number of ether oxygens (including phenoxy) is 2. The maximum Gasteiger partial charge on any atom is 0.264 e. The van der Waals surface area contributed by atoms with E-state index in [1.807, 2.05) is 38.1 Å². The molecule has 0 saturated heterocycles. The number of benzene rings is 3. The molecule has 1 aliphatic rings. The fraction of sp³-hybridized carbons (Fsp3) is 0.259. The summed E-state index contributed by atoms with van der Waals surface area (Å²) in [5.41, 5.74) is 2.19. The number of Topliss-reactive ketones (excluding diaryl/α,β-unsaturated/α-hetero) is 1. The Labute approximate surface area is 193 Å². The number of rotatable bonds is 7. The monoisotopic (exact) mass is 445 g/mol. The van der Waals surface area contributed by atoms with Crippen LogP contribution in [0.1, 0.15) is 39.0 Å². The van der Waals surface area contributed by atoms with Crippen LogP contribution in [0.2, 0.25) is 0 Å². The molecule has 1 heterocycles. The Morgan fingerprint density at radius 1 is 0.970 bits per heavy atom. The van der Waals surface area contributed by atoms with Gasteiger partial charge in [-0.05, 0) is 49.2 Å². The molecule has 1 aliphatic heterocycles. The topological polar surface area (TPSA) is 76.1 Å². The highest BCUT2D eigenvalue weighted by molar-refractivity contribution is 6.11. The number of hydrogen-bond donors (Lipinski definition) is 1. The third-order valence-electron chi connectivity index (χ3n) is 6.14. The number of fused-ring (bicyclic) bond motifs is 1. The number of anilines is 1. The molecule has 0 fully saturated rings. The maximum atomic E-state index is 13.6. The molecule has 3 aromatic carbocycles. The largest absolute Gasteiger partial charge is 0.493 e. The van der Waals surface area contributed by atoms with E-state index in [0.29, 0.717) is 28.3 Å². The molecule has 0 spiro atoms. The molecule has 0 aliphatic carbocycles. The molecule has 33 heavy (non-hydrogen) atoms. The van der Waals surface area contributed by atoms with Crippen molar-refractivity contribution in [1.29, 1.82) is 0 Å². The van der Waals surface area contributed by atoms with Crippen molar-refractivity contribution in [1.82, 2.24) is 0 Å². The SMILES string of the molecule is COc1ccc(CN2C(=O)[C@](O)(CC(=O)c3cc(C)ccc3C)c3ccccc32)cc1OC. The fourth-order valence-electron chi connectivity index (χ4n) is 4.36. The molecule has 6 heteroatoms. The van der Waals surface area contributed by atoms with E-state index in [2.05, 4.69) is 0 Å². The lowest BCUT2D eigenvalue weighted by Gasteiger charge is -2.23. The first-order valence-electron chi connectivity index (χ1n) is 10.7. The van der Waals surface area contributed by atoms with E-state index in [1.165, 1.54) is 4.90 Å². The van der Waals surface area contributed by atoms with E-state index in [1.54, 1.807) is 50.6 Å². The van der Waals surface area contributed by atoms with E-state index < -0.39 is 11.5 Å². The minimum absolute atomic E-state index is 0.218. The van der Waals surface area contributed by atoms with Crippen LogP contribution in [0, 0.1) is 13.8 Å². The summed E-state index contributed by atoms with van der Waals surface area (Å²) in [6.45, 7) is 3.98. The van der Waals surface area contributed by atoms with Gasteiger partial charge in [-0.25, -0.2) is 0 Å². The lowest BCUT2D eigenvalue weighted by molar-refractivity contribution is -0.136. The van der Waals surface area contributed by atoms with Crippen molar-refractivity contribution in [2.45, 2.75) is 32.4 Å². The molecule has 4 rings (SSSR count). The van der Waals surface area contributed by atoms with Gasteiger partial charge in [-0.1, -0.05) is 42.0 Å². The number of ketones is 1. The van der Waals surface area contributed by atoms with E-state index in [0.717, 1.165) is 16.7 Å². The molecule has 0 unspecified atom stereocenters. The number of para-hydroxylation sites is 1. The van der Waals surface area contributed by atoms with Crippen LogP contribution in [0.3, 0.4) is 0 Å². The lowest BCUT2D eigenvalue weighted by Crippen LogP contribution is -2.41. The standard InChI is InChI=1S/C27H27NO5/c1-17-9-10-18(2)20(13-17)23(29)15-27(31)21-7-5-6-8-22(21)28(26(27)30)16-19-11-12-24(32-3)25(14-19)33-4/h5-14,31H,15-16H2,1-4H3/t27-/m0/s1. The van der Waals surface area contributed by atoms with Gasteiger partial charge in [-0.15, -0.1) is 0 Å². The van der Waals surface area contributed by atoms with Crippen LogP contribution in [-0.2, 0) is 16.9 Å². The Morgan fingerprint density at radius 3 is 2.42 bits per heavy atom. The van der Waals surface area contributed by atoms with Gasteiger partial charge in [0.1, 0.15) is 0 Å². The Kier molecular flexibility index (Phi) is 5.95. The zero-order chi connectivity index (χ0) is 23.8. The van der Waals surface area contributed by atoms with Gasteiger partial charge in [-0.3, -0.25) is 9.59 Å². The second-order valence-electron chi connectivity index (χ2n) is 8.38. The first-order chi connectivity index (χ1) is 15.8. The minimum Gasteiger partial charge on any atom is -0.493 e. The third kappa shape index (κ3) is 3.98. The molecule has 0 aromatic heterocycles. The summed E-state index contributed by atoms with van der Waals surface area (Å²) < 4.78 is 10.7. The highest BCUT2D eigenvalue weighted by Gasteiger charge is 2.50. The van der Waals surface area contributed by atoms with Crippen LogP contribution in [0.25, 0.3) is 0 Å². The fourth-order valence-corrected chi connectivity index (χ4v) is 4.36. The molecule has 3 aromatic rings. The summed E-state index contributed by atoms with van der Waals surface area (Å²) in [6, 6.07) is 18.1. The number of amides is 1. The molecule has 1 N–H and O–H groups in total. The summed E-state index contributed by atoms with van der Waals surface area (Å²) in [7, 11) is 3.11. The van der Waals surface area contributed by atoms with Crippen molar-refractivity contribution in [3.05, 3.63) is 88.5 Å². The highest BCUT2D eigenvalue weighted by Crippen LogP contribution is 2.44. The molecule has 6 nitrogen and oxygen atoms in total. The number of nitrogens with zero attached hydrogens (tertiary/aromatic N) is 1. The number of carbonyl (C=O) groups excluding carboxylic acids is 2. The minimum atomic E-state index is -1.93. The van der Waals surface area contributed by atoms with Gasteiger partial charge in [0.05, 0.1) is 32.9 Å². The summed E-state index contributed by atoms with van der Waals surface area (Å²) >= 11 is 0. The zero-order valence-electron chi connectivity index (χ0n) is 19.2. The number of hydrogen-bond acceptors (Lipinski definition) is 5. The van der Waals surface area contributed by atoms with E-state index >= 15 is 0 Å². The molecule has 170 valence electrons. The van der Waals surface area contributed by atoms with E-state index in [-0.39, 0.29) is 18.7 Å². The van der Waals surface area contributed by atoms with Crippen molar-refractivity contribution >= 4 is 17.4 Å². The summed E-state index contributed by atoms with van der Waals surface area (Å²) in [5.74, 6) is 0.354. The van der Waals surface area contributed by atoms with Crippen molar-refractivity contribution in [3.8, 4) is 11.5 Å². The quantitative estimate of drug-likeness (QED) is 0.548. The van der Waals surface area contributed by atoms with Crippen LogP contribution in [-0.4, -0.2) is 31.0 Å². The van der Waals surface area contributed by atoms with Gasteiger partial charge >= 0.3 is 0 Å². The first kappa shape index (κ1) is 22.6. The molecule has 1 atom stereocenters. The predicted octanol–water partition coefficient (Wildman–Crippen LogP) is 4.33. The zero-order valence-corrected chi connectivity index (χ0v) is 19.2. The average Bonchev–Trinajstić information content (AvgIpc) is 3.02. The molecule has 0 saturated carbocycles. The van der Waals surface area contributed by atoms with Crippen molar-refractivity contribution in [2.75, 3.05) is 19.1 Å². The number of aryl methyl sites for hydroxylation is 2. The second kappa shape index (κ2) is 8.71. The maximum absolute atomic E-state index is 13.6. The third-order valence-corrected chi connectivity index (χ3v) is 6.14. The Morgan fingerprint density at radius 2 is 1.70 bits per heavy atom. The predicted molar refractivity (Wildman–Crippen MR) is 126 cm³/mol. The smallest absolute Gasteiger partial charge is 0.264 e.